The molecule has 1 atom stereocenters. The van der Waals surface area contributed by atoms with Crippen molar-refractivity contribution in [3.8, 4) is 22.6 Å². The molecule has 9 rings (SSSR count). The molecular formula is C46H56N14O5. The molecule has 3 saturated heterocycles. The number of fused-ring (bicyclic) bond motifs is 1. The van der Waals surface area contributed by atoms with E-state index < -0.39 is 0 Å². The van der Waals surface area contributed by atoms with Gasteiger partial charge in [0.1, 0.15) is 11.4 Å². The molecule has 6 aromatic rings. The molecule has 0 bridgehead atoms. The standard InChI is InChI=1S/C45H54N14O3.CH2O2/c1-29-24-32(6-11-36(29)30(2)48-43(61)39-28-58(53-51-39)45(3,4)5)42-40-12-18-46-57(40)27-38(49-42)37-25-47-59(52-37)35-15-19-54(20-16-35)26-31-13-21-55(22-14-31)33-7-9-34(10-8-33)56-23-17-41(60)50-44(56)62;2-1-3/h6-12,18,24-25,27-28,30-31,35H,13-17,19-23,26H2,1-5H3,(H,48,61)(H,50,60,62);1H,(H,2,3)/t30-;/m1./s1. The number of rotatable bonds is 10. The van der Waals surface area contributed by atoms with Gasteiger partial charge in [-0.05, 0) is 114 Å². The molecule has 4 aromatic heterocycles. The first-order valence-corrected chi connectivity index (χ1v) is 22.2. The molecule has 19 nitrogen and oxygen atoms in total. The minimum absolute atomic E-state index is 0.220. The summed E-state index contributed by atoms with van der Waals surface area (Å²) in [6.07, 6.45) is 11.7. The van der Waals surface area contributed by atoms with Crippen LogP contribution in [0.4, 0.5) is 16.2 Å². The number of likely N-dealkylation sites (tertiary alicyclic amines) is 1. The van der Waals surface area contributed by atoms with Crippen molar-refractivity contribution in [2.45, 2.75) is 84.3 Å². The van der Waals surface area contributed by atoms with E-state index in [0.717, 1.165) is 92.0 Å². The number of nitrogens with zero attached hydrogens (tertiary/aromatic N) is 12. The van der Waals surface area contributed by atoms with Crippen LogP contribution >= 0.6 is 0 Å². The number of hydrogen-bond acceptors (Lipinski definition) is 12. The molecule has 3 fully saturated rings. The highest BCUT2D eigenvalue weighted by atomic mass is 16.3. The van der Waals surface area contributed by atoms with Crippen LogP contribution in [0.1, 0.15) is 93.5 Å². The van der Waals surface area contributed by atoms with E-state index in [9.17, 15) is 14.4 Å². The third kappa shape index (κ3) is 10.0. The van der Waals surface area contributed by atoms with Crippen LogP contribution in [0.15, 0.2) is 73.3 Å². The van der Waals surface area contributed by atoms with Crippen molar-refractivity contribution < 1.29 is 24.3 Å². The summed E-state index contributed by atoms with van der Waals surface area (Å²) in [5.74, 6) is 0.160. The molecule has 0 spiro atoms. The van der Waals surface area contributed by atoms with Gasteiger partial charge in [0.05, 0.1) is 53.6 Å². The van der Waals surface area contributed by atoms with Crippen LogP contribution in [0.3, 0.4) is 0 Å². The number of imide groups is 1. The van der Waals surface area contributed by atoms with Gasteiger partial charge in [-0.2, -0.15) is 20.1 Å². The van der Waals surface area contributed by atoms with Crippen LogP contribution < -0.4 is 20.4 Å². The highest BCUT2D eigenvalue weighted by molar-refractivity contribution is 6.05. The number of carbonyl (C=O) groups is 4. The van der Waals surface area contributed by atoms with Crippen LogP contribution in [-0.2, 0) is 15.1 Å². The third-order valence-electron chi connectivity index (χ3n) is 12.5. The van der Waals surface area contributed by atoms with E-state index in [1.165, 1.54) is 5.69 Å². The first kappa shape index (κ1) is 44.6. The molecule has 0 saturated carbocycles. The van der Waals surface area contributed by atoms with Gasteiger partial charge in [-0.3, -0.25) is 24.6 Å². The molecule has 2 aromatic carbocycles. The van der Waals surface area contributed by atoms with Crippen LogP contribution in [0.25, 0.3) is 28.2 Å². The van der Waals surface area contributed by atoms with Crippen molar-refractivity contribution >= 4 is 41.2 Å². The number of carboxylic acid groups (broad SMARTS) is 1. The zero-order valence-electron chi connectivity index (χ0n) is 37.5. The second kappa shape index (κ2) is 19.0. The molecule has 3 N–H and O–H groups in total. The maximum atomic E-state index is 13.1. The van der Waals surface area contributed by atoms with Gasteiger partial charge < -0.3 is 20.2 Å². The quantitative estimate of drug-likeness (QED) is 0.145. The summed E-state index contributed by atoms with van der Waals surface area (Å²) >= 11 is 0. The molecule has 340 valence electrons. The van der Waals surface area contributed by atoms with E-state index in [1.807, 2.05) is 80.5 Å². The summed E-state index contributed by atoms with van der Waals surface area (Å²) in [7, 11) is 0. The van der Waals surface area contributed by atoms with Gasteiger partial charge in [0.15, 0.2) is 5.69 Å². The summed E-state index contributed by atoms with van der Waals surface area (Å²) in [6.45, 7) is 15.3. The van der Waals surface area contributed by atoms with Crippen molar-refractivity contribution in [2.24, 2.45) is 5.92 Å². The Morgan fingerprint density at radius 1 is 0.938 bits per heavy atom. The number of aromatic nitrogens is 9. The highest BCUT2D eigenvalue weighted by Gasteiger charge is 2.28. The van der Waals surface area contributed by atoms with E-state index in [-0.39, 0.29) is 47.6 Å². The Kier molecular flexibility index (Phi) is 13.0. The van der Waals surface area contributed by atoms with E-state index in [1.54, 1.807) is 28.2 Å². The molecule has 19 heteroatoms. The summed E-state index contributed by atoms with van der Waals surface area (Å²) in [5.41, 5.74) is 8.02. The van der Waals surface area contributed by atoms with Gasteiger partial charge in [0.2, 0.25) is 5.91 Å². The molecular weight excluding hydrogens is 829 g/mol. The lowest BCUT2D eigenvalue weighted by Gasteiger charge is -2.38. The number of anilines is 2. The van der Waals surface area contributed by atoms with Gasteiger partial charge in [0, 0.05) is 62.6 Å². The normalized spacial score (nSPS) is 17.1. The van der Waals surface area contributed by atoms with Crippen molar-refractivity contribution in [1.82, 2.24) is 60.1 Å². The van der Waals surface area contributed by atoms with E-state index in [0.29, 0.717) is 30.3 Å². The number of benzene rings is 2. The smallest absolute Gasteiger partial charge is 0.328 e. The fraction of sp³-hybridized carbons (Fsp3) is 0.435. The maximum Gasteiger partial charge on any atom is 0.328 e. The van der Waals surface area contributed by atoms with Gasteiger partial charge in [0.25, 0.3) is 12.4 Å². The number of piperidine rings is 2. The predicted molar refractivity (Wildman–Crippen MR) is 243 cm³/mol. The first-order chi connectivity index (χ1) is 31.3. The summed E-state index contributed by atoms with van der Waals surface area (Å²) in [6, 6.07) is 15.9. The number of nitrogens with one attached hydrogen (secondary N) is 2. The zero-order valence-corrected chi connectivity index (χ0v) is 37.5. The van der Waals surface area contributed by atoms with Crippen molar-refractivity contribution in [2.75, 3.05) is 49.1 Å². The first-order valence-electron chi connectivity index (χ1n) is 22.2. The monoisotopic (exact) mass is 884 g/mol. The lowest BCUT2D eigenvalue weighted by molar-refractivity contribution is -0.123. The summed E-state index contributed by atoms with van der Waals surface area (Å²) in [4.78, 5) is 58.9. The maximum absolute atomic E-state index is 13.1. The molecule has 3 aliphatic rings. The minimum Gasteiger partial charge on any atom is -0.483 e. The second-order valence-electron chi connectivity index (χ2n) is 18.0. The van der Waals surface area contributed by atoms with Gasteiger partial charge in [-0.1, -0.05) is 17.3 Å². The van der Waals surface area contributed by atoms with Crippen molar-refractivity contribution in [3.05, 3.63) is 90.1 Å². The topological polar surface area (TPSA) is 214 Å². The largest absolute Gasteiger partial charge is 0.483 e. The van der Waals surface area contributed by atoms with E-state index in [4.69, 9.17) is 25.1 Å². The van der Waals surface area contributed by atoms with Gasteiger partial charge in [-0.15, -0.1) is 5.10 Å². The molecule has 4 amide bonds. The average molecular weight is 885 g/mol. The number of aryl methyl sites for hydroxylation is 1. The molecule has 3 aliphatic heterocycles. The molecule has 0 unspecified atom stereocenters. The molecule has 0 aliphatic carbocycles. The average Bonchev–Trinajstić information content (AvgIpc) is 4.10. The summed E-state index contributed by atoms with van der Waals surface area (Å²) in [5, 5.41) is 34.9. The Morgan fingerprint density at radius 3 is 2.34 bits per heavy atom. The van der Waals surface area contributed by atoms with Crippen LogP contribution in [0.5, 0.6) is 0 Å². The Balaban J connectivity index is 0.00000187. The van der Waals surface area contributed by atoms with E-state index >= 15 is 0 Å². The van der Waals surface area contributed by atoms with Gasteiger partial charge >= 0.3 is 6.03 Å². The highest BCUT2D eigenvalue weighted by Crippen LogP contribution is 2.32. The fourth-order valence-electron chi connectivity index (χ4n) is 8.91. The fourth-order valence-corrected chi connectivity index (χ4v) is 8.91. The third-order valence-corrected chi connectivity index (χ3v) is 12.5. The number of amides is 4. The van der Waals surface area contributed by atoms with Crippen molar-refractivity contribution in [3.63, 3.8) is 0 Å². The Hall–Kier alpha value is -7.02. The lowest BCUT2D eigenvalue weighted by atomic mass is 9.94. The SMILES string of the molecule is Cc1cc(-c2nc(-c3cnn(C4CCN(CC5CCN(c6ccc(N7CCC(=O)NC7=O)cc6)CC5)CC4)n3)cn3nccc23)ccc1[C@@H](C)NC(=O)c1cn(C(C)(C)C)nn1.O=CO. The van der Waals surface area contributed by atoms with Gasteiger partial charge in [-0.25, -0.2) is 19.0 Å². The molecule has 65 heavy (non-hydrogen) atoms. The zero-order chi connectivity index (χ0) is 45.8. The lowest BCUT2D eigenvalue weighted by Crippen LogP contribution is -2.49. The Morgan fingerprint density at radius 2 is 1.66 bits per heavy atom. The van der Waals surface area contributed by atoms with Crippen LogP contribution in [0, 0.1) is 12.8 Å². The molecule has 7 heterocycles. The summed E-state index contributed by atoms with van der Waals surface area (Å²) < 4.78 is 3.54. The minimum atomic E-state index is -0.355. The Labute approximate surface area is 376 Å². The number of urea groups is 1. The number of carbonyl (C=O) groups excluding carboxylic acids is 3. The Bertz CT molecular complexity index is 2650. The van der Waals surface area contributed by atoms with Crippen molar-refractivity contribution in [1.29, 1.82) is 0 Å². The van der Waals surface area contributed by atoms with Crippen LogP contribution in [0.2, 0.25) is 0 Å². The second-order valence-corrected chi connectivity index (χ2v) is 18.0. The molecule has 0 radical (unpaired) electrons. The van der Waals surface area contributed by atoms with Crippen LogP contribution in [-0.4, -0.2) is 118 Å². The predicted octanol–water partition coefficient (Wildman–Crippen LogP) is 5.50. The van der Waals surface area contributed by atoms with E-state index in [2.05, 4.69) is 54.0 Å². The number of hydrogen-bond donors (Lipinski definition) is 3.